The van der Waals surface area contributed by atoms with Crippen LogP contribution in [0.3, 0.4) is 0 Å². The van der Waals surface area contributed by atoms with Gasteiger partial charge in [-0.25, -0.2) is 9.97 Å². The Balaban J connectivity index is 1.80. The van der Waals surface area contributed by atoms with Crippen molar-refractivity contribution in [3.05, 3.63) is 77.5 Å². The highest BCUT2D eigenvalue weighted by Crippen LogP contribution is 2.17. The maximum atomic E-state index is 12.5. The second-order valence-electron chi connectivity index (χ2n) is 6.66. The van der Waals surface area contributed by atoms with E-state index in [1.54, 1.807) is 18.4 Å². The number of carbonyl (C=O) groups excluding carboxylic acids is 1. The monoisotopic (exact) mass is 364 g/mol. The molecule has 0 unspecified atom stereocenters. The predicted octanol–water partition coefficient (Wildman–Crippen LogP) is 3.72. The number of nitrogens with zero attached hydrogens (tertiary/aromatic N) is 3. The molecule has 0 fully saturated rings. The summed E-state index contributed by atoms with van der Waals surface area (Å²) in [4.78, 5) is 23.7. The van der Waals surface area contributed by atoms with Crippen molar-refractivity contribution in [1.82, 2.24) is 15.3 Å². The van der Waals surface area contributed by atoms with Crippen LogP contribution in [0, 0.1) is 6.92 Å². The predicted molar refractivity (Wildman–Crippen MR) is 104 cm³/mol. The van der Waals surface area contributed by atoms with Gasteiger partial charge in [-0.15, -0.1) is 0 Å². The van der Waals surface area contributed by atoms with Gasteiger partial charge in [-0.2, -0.15) is 0 Å². The number of aromatic nitrogens is 2. The molecule has 0 saturated heterocycles. The zero-order valence-electron chi connectivity index (χ0n) is 15.8. The molecule has 0 saturated carbocycles. The lowest BCUT2D eigenvalue weighted by Crippen LogP contribution is -2.33. The summed E-state index contributed by atoms with van der Waals surface area (Å²) in [7, 11) is 0. The standard InChI is InChI=1S/C21H24N4O2/c1-15(2)25(14-17-8-5-4-6-9-17)21-23-16(3)12-19(24-21)20(26)22-13-18-10-7-11-27-18/h4-12,15H,13-14H2,1-3H3,(H,22,26). The average Bonchev–Trinajstić information content (AvgIpc) is 3.18. The lowest BCUT2D eigenvalue weighted by Gasteiger charge is -2.27. The van der Waals surface area contributed by atoms with Crippen LogP contribution in [0.4, 0.5) is 5.95 Å². The molecule has 3 aromatic rings. The minimum absolute atomic E-state index is 0.186. The Bertz CT molecular complexity index is 876. The van der Waals surface area contributed by atoms with Crippen LogP contribution in [0.25, 0.3) is 0 Å². The van der Waals surface area contributed by atoms with Crippen molar-refractivity contribution < 1.29 is 9.21 Å². The summed E-state index contributed by atoms with van der Waals surface area (Å²) in [5.74, 6) is 1.00. The van der Waals surface area contributed by atoms with E-state index in [2.05, 4.69) is 46.2 Å². The van der Waals surface area contributed by atoms with Gasteiger partial charge in [0.25, 0.3) is 5.91 Å². The molecule has 6 heteroatoms. The normalized spacial score (nSPS) is 10.8. The smallest absolute Gasteiger partial charge is 0.270 e. The molecule has 0 bridgehead atoms. The Morgan fingerprint density at radius 2 is 1.93 bits per heavy atom. The Morgan fingerprint density at radius 1 is 1.15 bits per heavy atom. The van der Waals surface area contributed by atoms with Gasteiger partial charge in [-0.1, -0.05) is 30.3 Å². The zero-order valence-corrected chi connectivity index (χ0v) is 15.8. The fourth-order valence-corrected chi connectivity index (χ4v) is 2.73. The Hall–Kier alpha value is -3.15. The fraction of sp³-hybridized carbons (Fsp3) is 0.286. The van der Waals surface area contributed by atoms with E-state index < -0.39 is 0 Å². The van der Waals surface area contributed by atoms with Crippen molar-refractivity contribution in [3.8, 4) is 0 Å². The quantitative estimate of drug-likeness (QED) is 0.692. The van der Waals surface area contributed by atoms with Gasteiger partial charge in [0.1, 0.15) is 11.5 Å². The molecule has 140 valence electrons. The van der Waals surface area contributed by atoms with E-state index in [1.807, 2.05) is 31.2 Å². The van der Waals surface area contributed by atoms with E-state index in [9.17, 15) is 4.79 Å². The summed E-state index contributed by atoms with van der Waals surface area (Å²) < 4.78 is 5.25. The minimum atomic E-state index is -0.249. The van der Waals surface area contributed by atoms with Crippen LogP contribution in [0.5, 0.6) is 0 Å². The minimum Gasteiger partial charge on any atom is -0.467 e. The van der Waals surface area contributed by atoms with Crippen LogP contribution in [-0.4, -0.2) is 21.9 Å². The largest absolute Gasteiger partial charge is 0.467 e. The van der Waals surface area contributed by atoms with Crippen molar-refractivity contribution in [3.63, 3.8) is 0 Å². The Kier molecular flexibility index (Phi) is 5.86. The molecule has 0 radical (unpaired) electrons. The van der Waals surface area contributed by atoms with E-state index in [1.165, 1.54) is 5.56 Å². The molecule has 2 heterocycles. The SMILES string of the molecule is Cc1cc(C(=O)NCc2ccco2)nc(N(Cc2ccccc2)C(C)C)n1. The van der Waals surface area contributed by atoms with E-state index in [0.717, 1.165) is 5.69 Å². The van der Waals surface area contributed by atoms with Crippen molar-refractivity contribution in [2.75, 3.05) is 4.90 Å². The molecule has 3 rings (SSSR count). The highest BCUT2D eigenvalue weighted by molar-refractivity contribution is 5.92. The number of benzene rings is 1. The summed E-state index contributed by atoms with van der Waals surface area (Å²) in [6.07, 6.45) is 1.58. The van der Waals surface area contributed by atoms with Gasteiger partial charge in [0, 0.05) is 18.3 Å². The van der Waals surface area contributed by atoms with Crippen molar-refractivity contribution in [2.45, 2.75) is 39.9 Å². The van der Waals surface area contributed by atoms with E-state index in [-0.39, 0.29) is 11.9 Å². The Labute approximate surface area is 159 Å². The molecule has 27 heavy (non-hydrogen) atoms. The van der Waals surface area contributed by atoms with Crippen LogP contribution in [0.1, 0.15) is 41.4 Å². The summed E-state index contributed by atoms with van der Waals surface area (Å²) in [6.45, 7) is 7.05. The number of nitrogens with one attached hydrogen (secondary N) is 1. The van der Waals surface area contributed by atoms with E-state index in [0.29, 0.717) is 30.5 Å². The molecule has 6 nitrogen and oxygen atoms in total. The zero-order chi connectivity index (χ0) is 19.2. The number of aryl methyl sites for hydroxylation is 1. The first kappa shape index (κ1) is 18.6. The average molecular weight is 364 g/mol. The topological polar surface area (TPSA) is 71.3 Å². The second kappa shape index (κ2) is 8.49. The number of amides is 1. The van der Waals surface area contributed by atoms with Gasteiger partial charge in [0.15, 0.2) is 0 Å². The summed E-state index contributed by atoms with van der Waals surface area (Å²) in [6, 6.07) is 15.7. The maximum absolute atomic E-state index is 12.5. The first-order valence-electron chi connectivity index (χ1n) is 9.00. The van der Waals surface area contributed by atoms with Gasteiger partial charge < -0.3 is 14.6 Å². The first-order valence-corrected chi connectivity index (χ1v) is 9.00. The van der Waals surface area contributed by atoms with Crippen LogP contribution in [0.2, 0.25) is 0 Å². The lowest BCUT2D eigenvalue weighted by molar-refractivity contribution is 0.0942. The van der Waals surface area contributed by atoms with Gasteiger partial charge in [-0.3, -0.25) is 4.79 Å². The highest BCUT2D eigenvalue weighted by atomic mass is 16.3. The summed E-state index contributed by atoms with van der Waals surface area (Å²) in [5, 5.41) is 2.83. The van der Waals surface area contributed by atoms with Gasteiger partial charge in [-0.05, 0) is 44.5 Å². The van der Waals surface area contributed by atoms with Crippen LogP contribution in [0.15, 0.2) is 59.2 Å². The van der Waals surface area contributed by atoms with Gasteiger partial charge in [0.2, 0.25) is 5.95 Å². The lowest BCUT2D eigenvalue weighted by atomic mass is 10.2. The van der Waals surface area contributed by atoms with Crippen LogP contribution in [-0.2, 0) is 13.1 Å². The molecule has 0 aliphatic carbocycles. The van der Waals surface area contributed by atoms with Gasteiger partial charge >= 0.3 is 0 Å². The fourth-order valence-electron chi connectivity index (χ4n) is 2.73. The molecule has 1 N–H and O–H groups in total. The second-order valence-corrected chi connectivity index (χ2v) is 6.66. The maximum Gasteiger partial charge on any atom is 0.270 e. The third-order valence-corrected chi connectivity index (χ3v) is 4.15. The summed E-state index contributed by atoms with van der Waals surface area (Å²) >= 11 is 0. The first-order chi connectivity index (χ1) is 13.0. The third kappa shape index (κ3) is 4.94. The molecule has 2 aromatic heterocycles. The summed E-state index contributed by atoms with van der Waals surface area (Å²) in [5.41, 5.74) is 2.27. The van der Waals surface area contributed by atoms with Gasteiger partial charge in [0.05, 0.1) is 12.8 Å². The van der Waals surface area contributed by atoms with E-state index in [4.69, 9.17) is 4.42 Å². The van der Waals surface area contributed by atoms with Crippen molar-refractivity contribution in [2.24, 2.45) is 0 Å². The molecular formula is C21H24N4O2. The molecule has 1 amide bonds. The number of hydrogen-bond acceptors (Lipinski definition) is 5. The number of carbonyl (C=O) groups is 1. The number of rotatable bonds is 7. The highest BCUT2D eigenvalue weighted by Gasteiger charge is 2.18. The van der Waals surface area contributed by atoms with E-state index >= 15 is 0 Å². The Morgan fingerprint density at radius 3 is 2.59 bits per heavy atom. The number of hydrogen-bond donors (Lipinski definition) is 1. The molecule has 1 aromatic carbocycles. The van der Waals surface area contributed by atoms with Crippen molar-refractivity contribution >= 4 is 11.9 Å². The molecular weight excluding hydrogens is 340 g/mol. The molecule has 0 aliphatic rings. The van der Waals surface area contributed by atoms with Crippen LogP contribution < -0.4 is 10.2 Å². The van der Waals surface area contributed by atoms with Crippen LogP contribution >= 0.6 is 0 Å². The third-order valence-electron chi connectivity index (χ3n) is 4.15. The molecule has 0 atom stereocenters. The molecule has 0 spiro atoms. The number of anilines is 1. The molecule has 0 aliphatic heterocycles. The number of furan rings is 1. The van der Waals surface area contributed by atoms with Crippen molar-refractivity contribution in [1.29, 1.82) is 0 Å².